The van der Waals surface area contributed by atoms with Gasteiger partial charge in [-0.3, -0.25) is 4.90 Å². The molecule has 0 aromatic heterocycles. The van der Waals surface area contributed by atoms with Crippen molar-refractivity contribution in [3.63, 3.8) is 0 Å². The molecule has 1 aliphatic rings. The number of β-amino-alcohol motifs (C(OH)–C–C–N with tert-alkyl or cyclic N) is 1. The number of aliphatic hydroxyl groups is 1. The monoisotopic (exact) mass is 315 g/mol. The molecular weight excluding hydrogens is 293 g/mol. The zero-order valence-corrected chi connectivity index (χ0v) is 13.2. The Balaban J connectivity index is 1.67. The molecule has 0 aliphatic carbocycles. The first-order chi connectivity index (χ1) is 11.1. The molecule has 0 radical (unpaired) electrons. The lowest BCUT2D eigenvalue weighted by Gasteiger charge is -2.38. The van der Waals surface area contributed by atoms with E-state index in [-0.39, 0.29) is 18.0 Å². The van der Waals surface area contributed by atoms with Crippen molar-refractivity contribution >= 4 is 0 Å². The van der Waals surface area contributed by atoms with Crippen LogP contribution < -0.4 is 0 Å². The van der Waals surface area contributed by atoms with Gasteiger partial charge in [0.05, 0.1) is 18.3 Å². The SMILES string of the molecule is CC1CN(CC(O)c2ccccc2)CC(c2ccc(F)cc2)O1. The maximum Gasteiger partial charge on any atom is 0.123 e. The van der Waals surface area contributed by atoms with Crippen LogP contribution in [0, 0.1) is 5.82 Å². The zero-order chi connectivity index (χ0) is 16.2. The minimum Gasteiger partial charge on any atom is -0.387 e. The van der Waals surface area contributed by atoms with Crippen molar-refractivity contribution in [2.45, 2.75) is 25.2 Å². The summed E-state index contributed by atoms with van der Waals surface area (Å²) < 4.78 is 19.1. The van der Waals surface area contributed by atoms with Crippen LogP contribution in [0.5, 0.6) is 0 Å². The van der Waals surface area contributed by atoms with Crippen LogP contribution in [-0.2, 0) is 4.74 Å². The van der Waals surface area contributed by atoms with Gasteiger partial charge < -0.3 is 9.84 Å². The molecule has 23 heavy (non-hydrogen) atoms. The van der Waals surface area contributed by atoms with Crippen molar-refractivity contribution in [1.29, 1.82) is 0 Å². The number of nitrogens with zero attached hydrogens (tertiary/aromatic N) is 1. The van der Waals surface area contributed by atoms with Gasteiger partial charge in [0.15, 0.2) is 0 Å². The summed E-state index contributed by atoms with van der Waals surface area (Å²) in [4.78, 5) is 2.21. The number of morpholine rings is 1. The summed E-state index contributed by atoms with van der Waals surface area (Å²) in [7, 11) is 0. The van der Waals surface area contributed by atoms with Crippen LogP contribution >= 0.6 is 0 Å². The van der Waals surface area contributed by atoms with Gasteiger partial charge in [0.1, 0.15) is 5.82 Å². The summed E-state index contributed by atoms with van der Waals surface area (Å²) in [6.07, 6.45) is -0.542. The minimum absolute atomic E-state index is 0.0711. The lowest BCUT2D eigenvalue weighted by Crippen LogP contribution is -2.44. The van der Waals surface area contributed by atoms with Gasteiger partial charge >= 0.3 is 0 Å². The first kappa shape index (κ1) is 16.1. The van der Waals surface area contributed by atoms with E-state index >= 15 is 0 Å². The Labute approximate surface area is 136 Å². The largest absolute Gasteiger partial charge is 0.387 e. The molecule has 2 aromatic carbocycles. The molecular formula is C19H22FNO2. The highest BCUT2D eigenvalue weighted by Crippen LogP contribution is 2.26. The summed E-state index contributed by atoms with van der Waals surface area (Å²) in [5.41, 5.74) is 1.89. The number of rotatable bonds is 4. The molecule has 0 saturated carbocycles. The summed E-state index contributed by atoms with van der Waals surface area (Å²) in [6.45, 7) is 4.06. The van der Waals surface area contributed by atoms with Crippen molar-refractivity contribution in [3.05, 3.63) is 71.5 Å². The van der Waals surface area contributed by atoms with E-state index in [0.717, 1.165) is 17.7 Å². The molecule has 4 heteroatoms. The van der Waals surface area contributed by atoms with E-state index < -0.39 is 6.10 Å². The van der Waals surface area contributed by atoms with Gasteiger partial charge in [0.25, 0.3) is 0 Å². The first-order valence-corrected chi connectivity index (χ1v) is 7.98. The zero-order valence-electron chi connectivity index (χ0n) is 13.2. The summed E-state index contributed by atoms with van der Waals surface area (Å²) in [5.74, 6) is -0.242. The number of ether oxygens (including phenoxy) is 1. The normalized spacial score (nSPS) is 23.6. The molecule has 3 unspecified atom stereocenters. The van der Waals surface area contributed by atoms with Crippen LogP contribution in [-0.4, -0.2) is 35.7 Å². The van der Waals surface area contributed by atoms with Crippen LogP contribution in [0.3, 0.4) is 0 Å². The standard InChI is InChI=1S/C19H22FNO2/c1-14-11-21(12-18(22)15-5-3-2-4-6-15)13-19(23-14)16-7-9-17(20)10-8-16/h2-10,14,18-19,22H,11-13H2,1H3. The number of benzene rings is 2. The van der Waals surface area contributed by atoms with Gasteiger partial charge in [0.2, 0.25) is 0 Å². The maximum atomic E-state index is 13.1. The van der Waals surface area contributed by atoms with Gasteiger partial charge in [-0.1, -0.05) is 42.5 Å². The molecule has 1 saturated heterocycles. The third kappa shape index (κ3) is 4.16. The first-order valence-electron chi connectivity index (χ1n) is 7.98. The average molecular weight is 315 g/mol. The Morgan fingerprint density at radius 2 is 1.83 bits per heavy atom. The number of hydrogen-bond donors (Lipinski definition) is 1. The van der Waals surface area contributed by atoms with Crippen molar-refractivity contribution in [2.24, 2.45) is 0 Å². The highest BCUT2D eigenvalue weighted by atomic mass is 19.1. The van der Waals surface area contributed by atoms with Gasteiger partial charge in [-0.15, -0.1) is 0 Å². The predicted octanol–water partition coefficient (Wildman–Crippen LogP) is 3.32. The highest BCUT2D eigenvalue weighted by Gasteiger charge is 2.27. The van der Waals surface area contributed by atoms with E-state index in [1.807, 2.05) is 37.3 Å². The van der Waals surface area contributed by atoms with E-state index in [9.17, 15) is 9.50 Å². The second kappa shape index (κ2) is 7.21. The number of hydrogen-bond acceptors (Lipinski definition) is 3. The molecule has 1 fully saturated rings. The maximum absolute atomic E-state index is 13.1. The third-order valence-electron chi connectivity index (χ3n) is 4.19. The fourth-order valence-electron chi connectivity index (χ4n) is 3.07. The Kier molecular flexibility index (Phi) is 5.06. The van der Waals surface area contributed by atoms with Crippen molar-refractivity contribution in [1.82, 2.24) is 4.90 Å². The van der Waals surface area contributed by atoms with Crippen LogP contribution in [0.15, 0.2) is 54.6 Å². The summed E-state index contributed by atoms with van der Waals surface area (Å²) in [6, 6.07) is 16.1. The molecule has 3 rings (SSSR count). The van der Waals surface area contributed by atoms with Crippen LogP contribution in [0.25, 0.3) is 0 Å². The molecule has 1 heterocycles. The van der Waals surface area contributed by atoms with Crippen LogP contribution in [0.4, 0.5) is 4.39 Å². The third-order valence-corrected chi connectivity index (χ3v) is 4.19. The van der Waals surface area contributed by atoms with Gasteiger partial charge in [0, 0.05) is 19.6 Å². The highest BCUT2D eigenvalue weighted by molar-refractivity contribution is 5.20. The lowest BCUT2D eigenvalue weighted by atomic mass is 10.0. The van der Waals surface area contributed by atoms with E-state index in [1.165, 1.54) is 12.1 Å². The second-order valence-corrected chi connectivity index (χ2v) is 6.13. The van der Waals surface area contributed by atoms with Gasteiger partial charge in [-0.05, 0) is 30.2 Å². The topological polar surface area (TPSA) is 32.7 Å². The summed E-state index contributed by atoms with van der Waals surface area (Å²) in [5, 5.41) is 10.4. The van der Waals surface area contributed by atoms with E-state index in [4.69, 9.17) is 4.74 Å². The van der Waals surface area contributed by atoms with Crippen molar-refractivity contribution in [2.75, 3.05) is 19.6 Å². The second-order valence-electron chi connectivity index (χ2n) is 6.13. The Morgan fingerprint density at radius 1 is 1.13 bits per heavy atom. The molecule has 122 valence electrons. The van der Waals surface area contributed by atoms with Gasteiger partial charge in [-0.2, -0.15) is 0 Å². The smallest absolute Gasteiger partial charge is 0.123 e. The molecule has 2 aromatic rings. The van der Waals surface area contributed by atoms with E-state index in [1.54, 1.807) is 12.1 Å². The van der Waals surface area contributed by atoms with Crippen molar-refractivity contribution in [3.8, 4) is 0 Å². The predicted molar refractivity (Wildman–Crippen MR) is 87.5 cm³/mol. The number of halogens is 1. The van der Waals surface area contributed by atoms with E-state index in [0.29, 0.717) is 13.1 Å². The Bertz CT molecular complexity index is 617. The molecule has 0 bridgehead atoms. The van der Waals surface area contributed by atoms with E-state index in [2.05, 4.69) is 4.90 Å². The quantitative estimate of drug-likeness (QED) is 0.939. The van der Waals surface area contributed by atoms with Crippen LogP contribution in [0.2, 0.25) is 0 Å². The van der Waals surface area contributed by atoms with Crippen molar-refractivity contribution < 1.29 is 14.2 Å². The van der Waals surface area contributed by atoms with Crippen LogP contribution in [0.1, 0.15) is 30.3 Å². The molecule has 3 atom stereocenters. The Morgan fingerprint density at radius 3 is 2.52 bits per heavy atom. The lowest BCUT2D eigenvalue weighted by molar-refractivity contribution is -0.0870. The minimum atomic E-state index is -0.518. The number of aliphatic hydroxyl groups excluding tert-OH is 1. The fourth-order valence-corrected chi connectivity index (χ4v) is 3.07. The molecule has 0 amide bonds. The average Bonchev–Trinajstić information content (AvgIpc) is 2.56. The molecule has 1 aliphatic heterocycles. The molecule has 3 nitrogen and oxygen atoms in total. The Hall–Kier alpha value is -1.75. The fraction of sp³-hybridized carbons (Fsp3) is 0.368. The molecule has 0 spiro atoms. The van der Waals surface area contributed by atoms with Gasteiger partial charge in [-0.25, -0.2) is 4.39 Å². The summed E-state index contributed by atoms with van der Waals surface area (Å²) >= 11 is 0. The molecule has 1 N–H and O–H groups in total.